The molecular formula is C83H156O17P2. The quantitative estimate of drug-likeness (QED) is 0.0169. The fourth-order valence-corrected chi connectivity index (χ4v) is 13.7. The second-order valence-corrected chi connectivity index (χ2v) is 31.7. The lowest BCUT2D eigenvalue weighted by atomic mass is 10.0. The van der Waals surface area contributed by atoms with Crippen LogP contribution in [0, 0.1) is 0 Å². The van der Waals surface area contributed by atoms with Crippen LogP contribution in [-0.4, -0.2) is 96.7 Å². The summed E-state index contributed by atoms with van der Waals surface area (Å²) in [5, 5.41) is 10.7. The van der Waals surface area contributed by atoms with Crippen molar-refractivity contribution >= 4 is 39.5 Å². The summed E-state index contributed by atoms with van der Waals surface area (Å²) in [6.07, 6.45) is 73.9. The first-order valence-corrected chi connectivity index (χ1v) is 45.2. The van der Waals surface area contributed by atoms with E-state index < -0.39 is 97.5 Å². The molecule has 102 heavy (non-hydrogen) atoms. The summed E-state index contributed by atoms with van der Waals surface area (Å²) >= 11 is 0. The molecule has 0 spiro atoms. The van der Waals surface area contributed by atoms with Crippen LogP contribution in [0.15, 0.2) is 36.5 Å². The molecular weight excluding hydrogens is 1330 g/mol. The van der Waals surface area contributed by atoms with Crippen molar-refractivity contribution < 1.29 is 80.2 Å². The van der Waals surface area contributed by atoms with Gasteiger partial charge in [-0.3, -0.25) is 37.3 Å². The monoisotopic (exact) mass is 1490 g/mol. The third-order valence-electron chi connectivity index (χ3n) is 18.6. The van der Waals surface area contributed by atoms with E-state index in [2.05, 4.69) is 64.2 Å². The molecule has 5 atom stereocenters. The largest absolute Gasteiger partial charge is 0.472 e. The zero-order valence-electron chi connectivity index (χ0n) is 65.8. The Morgan fingerprint density at radius 1 is 0.275 bits per heavy atom. The number of esters is 4. The lowest BCUT2D eigenvalue weighted by molar-refractivity contribution is -0.161. The van der Waals surface area contributed by atoms with Gasteiger partial charge in [-0.25, -0.2) is 9.13 Å². The lowest BCUT2D eigenvalue weighted by Crippen LogP contribution is -2.30. The number of unbranched alkanes of at least 4 members (excludes halogenated alkanes) is 49. The normalized spacial score (nSPS) is 14.0. The number of hydrogen-bond donors (Lipinski definition) is 3. The van der Waals surface area contributed by atoms with Crippen molar-refractivity contribution in [2.45, 2.75) is 431 Å². The molecule has 0 radical (unpaired) electrons. The first kappa shape index (κ1) is 99.3. The first-order valence-electron chi connectivity index (χ1n) is 42.2. The number of hydrogen-bond acceptors (Lipinski definition) is 15. The van der Waals surface area contributed by atoms with E-state index in [9.17, 15) is 43.2 Å². The minimum atomic E-state index is -4.97. The molecule has 0 aromatic rings. The summed E-state index contributed by atoms with van der Waals surface area (Å²) in [5.41, 5.74) is 0. The van der Waals surface area contributed by atoms with Gasteiger partial charge in [0.15, 0.2) is 12.2 Å². The molecule has 0 saturated carbocycles. The molecule has 0 bridgehead atoms. The van der Waals surface area contributed by atoms with Crippen LogP contribution in [0.2, 0.25) is 0 Å². The van der Waals surface area contributed by atoms with Crippen molar-refractivity contribution in [1.82, 2.24) is 0 Å². The van der Waals surface area contributed by atoms with Crippen LogP contribution in [-0.2, 0) is 65.4 Å². The Labute approximate surface area is 624 Å². The van der Waals surface area contributed by atoms with Crippen molar-refractivity contribution in [2.75, 3.05) is 39.6 Å². The molecule has 0 amide bonds. The van der Waals surface area contributed by atoms with Gasteiger partial charge >= 0.3 is 39.5 Å². The molecule has 2 unspecified atom stereocenters. The highest BCUT2D eigenvalue weighted by molar-refractivity contribution is 7.47. The van der Waals surface area contributed by atoms with Gasteiger partial charge < -0.3 is 33.8 Å². The number of aliphatic hydroxyl groups is 1. The minimum absolute atomic E-state index is 0.0864. The fraction of sp³-hybridized carbons (Fsp3) is 0.880. The van der Waals surface area contributed by atoms with Gasteiger partial charge in [-0.1, -0.05) is 340 Å². The summed E-state index contributed by atoms with van der Waals surface area (Å²) in [7, 11) is -9.94. The van der Waals surface area contributed by atoms with E-state index in [1.54, 1.807) is 0 Å². The molecule has 0 aliphatic heterocycles. The molecule has 0 aromatic heterocycles. The average Bonchev–Trinajstić information content (AvgIpc) is 0.919. The molecule has 3 N–H and O–H groups in total. The van der Waals surface area contributed by atoms with Gasteiger partial charge in [0.1, 0.15) is 19.3 Å². The third kappa shape index (κ3) is 75.5. The van der Waals surface area contributed by atoms with E-state index in [1.807, 2.05) is 0 Å². The maximum Gasteiger partial charge on any atom is 0.472 e. The number of aliphatic hydroxyl groups excluding tert-OH is 1. The Kier molecular flexibility index (Phi) is 74.4. The Bertz CT molecular complexity index is 2070. The topological polar surface area (TPSA) is 237 Å². The van der Waals surface area contributed by atoms with Gasteiger partial charge in [-0.15, -0.1) is 0 Å². The summed E-state index contributed by atoms with van der Waals surface area (Å²) in [5.74, 6) is -2.15. The predicted molar refractivity (Wildman–Crippen MR) is 418 cm³/mol. The summed E-state index contributed by atoms with van der Waals surface area (Å²) in [4.78, 5) is 73.1. The molecule has 0 fully saturated rings. The van der Waals surface area contributed by atoms with E-state index in [1.165, 1.54) is 212 Å². The Morgan fingerprint density at radius 2 is 0.480 bits per heavy atom. The van der Waals surface area contributed by atoms with E-state index >= 15 is 0 Å². The smallest absolute Gasteiger partial charge is 0.462 e. The summed E-state index contributed by atoms with van der Waals surface area (Å²) in [6, 6.07) is 0. The van der Waals surface area contributed by atoms with Crippen LogP contribution in [0.5, 0.6) is 0 Å². The highest BCUT2D eigenvalue weighted by atomic mass is 31.2. The second kappa shape index (κ2) is 76.5. The van der Waals surface area contributed by atoms with Crippen molar-refractivity contribution in [3.63, 3.8) is 0 Å². The number of carbonyl (C=O) groups excluding carboxylic acids is 4. The minimum Gasteiger partial charge on any atom is -0.462 e. The number of allylic oxidation sites excluding steroid dienone is 6. The number of carbonyl (C=O) groups is 4. The predicted octanol–water partition coefficient (Wildman–Crippen LogP) is 24.7. The highest BCUT2D eigenvalue weighted by Crippen LogP contribution is 2.45. The zero-order valence-corrected chi connectivity index (χ0v) is 67.6. The third-order valence-corrected chi connectivity index (χ3v) is 20.5. The van der Waals surface area contributed by atoms with Crippen LogP contribution >= 0.6 is 15.6 Å². The van der Waals surface area contributed by atoms with Crippen LogP contribution in [0.1, 0.15) is 413 Å². The number of phosphoric ester groups is 2. The SMILES string of the molecule is CCCCC/C=C\C/C=C\CCCCCCCC(=O)O[C@H](COC(=O)CCCCCCCCCCCCCCCCCCC)COP(=O)(O)OC[C@H](O)COP(=O)(O)OC[C@@H](COC(=O)CCCCCCCCCCCCCCCCC)OC(=O)CCCCCCC/C=C\CCCCCCCC. The Hall–Kier alpha value is -2.72. The summed E-state index contributed by atoms with van der Waals surface area (Å²) in [6.45, 7) is 4.94. The van der Waals surface area contributed by atoms with Gasteiger partial charge in [0.2, 0.25) is 0 Å². The first-order chi connectivity index (χ1) is 49.7. The molecule has 17 nitrogen and oxygen atoms in total. The van der Waals surface area contributed by atoms with Crippen LogP contribution < -0.4 is 0 Å². The van der Waals surface area contributed by atoms with Crippen molar-refractivity contribution in [3.8, 4) is 0 Å². The second-order valence-electron chi connectivity index (χ2n) is 28.8. The van der Waals surface area contributed by atoms with E-state index in [4.69, 9.17) is 37.0 Å². The molecule has 0 saturated heterocycles. The Balaban J connectivity index is 5.31. The van der Waals surface area contributed by atoms with Crippen LogP contribution in [0.3, 0.4) is 0 Å². The van der Waals surface area contributed by atoms with Gasteiger partial charge in [-0.2, -0.15) is 0 Å². The molecule has 0 aliphatic rings. The molecule has 0 aliphatic carbocycles. The number of rotatable bonds is 81. The van der Waals surface area contributed by atoms with Gasteiger partial charge in [0.25, 0.3) is 0 Å². The standard InChI is InChI=1S/C83H156O17P2/c1-5-9-13-17-21-25-29-33-37-38-42-44-48-52-56-60-64-68-81(86)94-74-79(100-83(88)70-66-62-58-54-50-46-41-36-32-28-24-20-16-12-8-4)76-98-102(91,92)96-72-77(84)71-95-101(89,90)97-75-78(99-82(87)69-65-61-57-53-49-45-40-35-31-27-23-19-15-11-7-3)73-93-80(85)67-63-59-55-51-47-43-39-34-30-26-22-18-14-10-6-2/h24,28,35-36,40-41,77-79,84H,5-23,25-27,29-34,37-39,42-76H2,1-4H3,(H,89,90)(H,91,92)/b28-24-,40-35-,41-36-/t77-,78-,79-/m1/s1. The molecule has 19 heteroatoms. The maximum atomic E-state index is 13.1. The van der Waals surface area contributed by atoms with Crippen molar-refractivity contribution in [2.24, 2.45) is 0 Å². The van der Waals surface area contributed by atoms with Crippen LogP contribution in [0.4, 0.5) is 0 Å². The Morgan fingerprint density at radius 3 is 0.755 bits per heavy atom. The van der Waals surface area contributed by atoms with E-state index in [-0.39, 0.29) is 25.7 Å². The molecule has 0 aromatic carbocycles. The van der Waals surface area contributed by atoms with Gasteiger partial charge in [-0.05, 0) is 83.5 Å². The zero-order chi connectivity index (χ0) is 74.6. The van der Waals surface area contributed by atoms with Crippen molar-refractivity contribution in [1.29, 1.82) is 0 Å². The van der Waals surface area contributed by atoms with Gasteiger partial charge in [0.05, 0.1) is 26.4 Å². The highest BCUT2D eigenvalue weighted by Gasteiger charge is 2.30. The molecule has 0 heterocycles. The van der Waals surface area contributed by atoms with E-state index in [0.29, 0.717) is 25.7 Å². The number of phosphoric acid groups is 2. The maximum absolute atomic E-state index is 13.1. The van der Waals surface area contributed by atoms with Crippen LogP contribution in [0.25, 0.3) is 0 Å². The molecule has 600 valence electrons. The number of ether oxygens (including phenoxy) is 4. The summed E-state index contributed by atoms with van der Waals surface area (Å²) < 4.78 is 68.8. The van der Waals surface area contributed by atoms with E-state index in [0.717, 1.165) is 122 Å². The van der Waals surface area contributed by atoms with Crippen molar-refractivity contribution in [3.05, 3.63) is 36.5 Å². The lowest BCUT2D eigenvalue weighted by Gasteiger charge is -2.21. The fourth-order valence-electron chi connectivity index (χ4n) is 12.1. The average molecular weight is 1490 g/mol. The van der Waals surface area contributed by atoms with Gasteiger partial charge in [0, 0.05) is 25.7 Å². The molecule has 0 rings (SSSR count).